The first kappa shape index (κ1) is 16.6. The highest BCUT2D eigenvalue weighted by Gasteiger charge is 2.27. The van der Waals surface area contributed by atoms with Crippen LogP contribution in [0.1, 0.15) is 24.4 Å². The van der Waals surface area contributed by atoms with Crippen LogP contribution >= 0.6 is 0 Å². The SMILES string of the molecule is C=CCOCCCC(=O)N1CCNCC1c1cccc(F)c1. The number of nitrogens with zero attached hydrogens (tertiary/aromatic N) is 1. The van der Waals surface area contributed by atoms with E-state index in [4.69, 9.17) is 4.74 Å². The Morgan fingerprint density at radius 3 is 3.18 bits per heavy atom. The van der Waals surface area contributed by atoms with Gasteiger partial charge in [-0.15, -0.1) is 6.58 Å². The topological polar surface area (TPSA) is 41.6 Å². The van der Waals surface area contributed by atoms with Crippen molar-refractivity contribution >= 4 is 5.91 Å². The lowest BCUT2D eigenvalue weighted by atomic mass is 10.0. The molecule has 5 heteroatoms. The van der Waals surface area contributed by atoms with Crippen LogP contribution in [0.25, 0.3) is 0 Å². The summed E-state index contributed by atoms with van der Waals surface area (Å²) in [6.45, 7) is 6.71. The molecule has 1 aromatic rings. The predicted octanol–water partition coefficient (Wildman–Crippen LogP) is 2.28. The summed E-state index contributed by atoms with van der Waals surface area (Å²) in [5, 5.41) is 3.27. The molecule has 1 atom stereocenters. The summed E-state index contributed by atoms with van der Waals surface area (Å²) in [5.74, 6) is -0.175. The van der Waals surface area contributed by atoms with Crippen molar-refractivity contribution < 1.29 is 13.9 Å². The minimum Gasteiger partial charge on any atom is -0.377 e. The minimum absolute atomic E-state index is 0.0953. The first-order valence-electron chi connectivity index (χ1n) is 7.66. The van der Waals surface area contributed by atoms with Crippen LogP contribution in [0.5, 0.6) is 0 Å². The van der Waals surface area contributed by atoms with Crippen molar-refractivity contribution in [3.05, 3.63) is 48.3 Å². The smallest absolute Gasteiger partial charge is 0.223 e. The second kappa shape index (κ2) is 8.66. The number of nitrogens with one attached hydrogen (secondary N) is 1. The van der Waals surface area contributed by atoms with E-state index in [0.29, 0.717) is 39.1 Å². The summed E-state index contributed by atoms with van der Waals surface area (Å²) in [5.41, 5.74) is 0.837. The van der Waals surface area contributed by atoms with Crippen LogP contribution in [0.2, 0.25) is 0 Å². The molecule has 0 bridgehead atoms. The van der Waals surface area contributed by atoms with E-state index in [0.717, 1.165) is 12.1 Å². The molecule has 1 saturated heterocycles. The number of halogens is 1. The van der Waals surface area contributed by atoms with Crippen molar-refractivity contribution in [1.82, 2.24) is 10.2 Å². The molecule has 0 aliphatic carbocycles. The zero-order chi connectivity index (χ0) is 15.8. The van der Waals surface area contributed by atoms with Crippen LogP contribution in [0, 0.1) is 5.82 Å². The Morgan fingerprint density at radius 2 is 2.41 bits per heavy atom. The number of piperazine rings is 1. The number of hydrogen-bond acceptors (Lipinski definition) is 3. The lowest BCUT2D eigenvalue weighted by Gasteiger charge is -2.36. The van der Waals surface area contributed by atoms with Gasteiger partial charge in [-0.05, 0) is 24.1 Å². The van der Waals surface area contributed by atoms with Crippen LogP contribution in [0.4, 0.5) is 4.39 Å². The van der Waals surface area contributed by atoms with Crippen molar-refractivity contribution in [2.45, 2.75) is 18.9 Å². The number of ether oxygens (including phenoxy) is 1. The number of amides is 1. The van der Waals surface area contributed by atoms with Crippen molar-refractivity contribution in [3.63, 3.8) is 0 Å². The molecular formula is C17H23FN2O2. The second-order valence-corrected chi connectivity index (χ2v) is 5.33. The molecule has 1 aliphatic rings. The molecule has 120 valence electrons. The van der Waals surface area contributed by atoms with Gasteiger partial charge < -0.3 is 15.0 Å². The minimum atomic E-state index is -0.270. The molecule has 2 rings (SSSR count). The lowest BCUT2D eigenvalue weighted by Crippen LogP contribution is -2.48. The Bertz CT molecular complexity index is 507. The molecule has 22 heavy (non-hydrogen) atoms. The molecule has 1 amide bonds. The van der Waals surface area contributed by atoms with E-state index in [2.05, 4.69) is 11.9 Å². The van der Waals surface area contributed by atoms with Gasteiger partial charge in [0.1, 0.15) is 5.82 Å². The van der Waals surface area contributed by atoms with Gasteiger partial charge in [-0.3, -0.25) is 4.79 Å². The zero-order valence-electron chi connectivity index (χ0n) is 12.8. The summed E-state index contributed by atoms with van der Waals surface area (Å²) in [7, 11) is 0. The van der Waals surface area contributed by atoms with Gasteiger partial charge in [0.2, 0.25) is 5.91 Å². The Morgan fingerprint density at radius 1 is 1.55 bits per heavy atom. The highest BCUT2D eigenvalue weighted by atomic mass is 19.1. The Kier molecular flexibility index (Phi) is 6.55. The van der Waals surface area contributed by atoms with Gasteiger partial charge in [-0.2, -0.15) is 0 Å². The maximum absolute atomic E-state index is 13.4. The molecule has 1 N–H and O–H groups in total. The summed E-state index contributed by atoms with van der Waals surface area (Å²) >= 11 is 0. The molecule has 0 aromatic heterocycles. The van der Waals surface area contributed by atoms with Gasteiger partial charge in [0.15, 0.2) is 0 Å². The van der Waals surface area contributed by atoms with Crippen LogP contribution in [0.15, 0.2) is 36.9 Å². The third-order valence-corrected chi connectivity index (χ3v) is 3.71. The van der Waals surface area contributed by atoms with E-state index in [1.807, 2.05) is 11.0 Å². The number of hydrogen-bond donors (Lipinski definition) is 1. The number of benzene rings is 1. The third-order valence-electron chi connectivity index (χ3n) is 3.71. The molecule has 0 radical (unpaired) electrons. The van der Waals surface area contributed by atoms with E-state index in [1.54, 1.807) is 12.1 Å². The van der Waals surface area contributed by atoms with E-state index in [1.165, 1.54) is 12.1 Å². The van der Waals surface area contributed by atoms with Gasteiger partial charge in [-0.25, -0.2) is 4.39 Å². The average molecular weight is 306 g/mol. The molecular weight excluding hydrogens is 283 g/mol. The number of carbonyl (C=O) groups excluding carboxylic acids is 1. The molecule has 1 aliphatic heterocycles. The van der Waals surface area contributed by atoms with Gasteiger partial charge in [-0.1, -0.05) is 18.2 Å². The summed E-state index contributed by atoms with van der Waals surface area (Å²) in [6, 6.07) is 6.37. The molecule has 0 saturated carbocycles. The van der Waals surface area contributed by atoms with Crippen LogP contribution in [0.3, 0.4) is 0 Å². The fraction of sp³-hybridized carbons (Fsp3) is 0.471. The average Bonchev–Trinajstić information content (AvgIpc) is 2.54. The van der Waals surface area contributed by atoms with E-state index in [9.17, 15) is 9.18 Å². The fourth-order valence-electron chi connectivity index (χ4n) is 2.65. The molecule has 1 heterocycles. The fourth-order valence-corrected chi connectivity index (χ4v) is 2.65. The first-order valence-corrected chi connectivity index (χ1v) is 7.66. The largest absolute Gasteiger partial charge is 0.377 e. The predicted molar refractivity (Wildman–Crippen MR) is 84.0 cm³/mol. The van der Waals surface area contributed by atoms with Crippen molar-refractivity contribution in [3.8, 4) is 0 Å². The molecule has 1 aromatic carbocycles. The van der Waals surface area contributed by atoms with Gasteiger partial charge >= 0.3 is 0 Å². The Hall–Kier alpha value is -1.72. The lowest BCUT2D eigenvalue weighted by molar-refractivity contribution is -0.134. The highest BCUT2D eigenvalue weighted by molar-refractivity contribution is 5.77. The first-order chi connectivity index (χ1) is 10.7. The molecule has 0 spiro atoms. The maximum atomic E-state index is 13.4. The molecule has 1 fully saturated rings. The van der Waals surface area contributed by atoms with Gasteiger partial charge in [0, 0.05) is 32.7 Å². The summed E-state index contributed by atoms with van der Waals surface area (Å²) < 4.78 is 18.7. The number of carbonyl (C=O) groups is 1. The van der Waals surface area contributed by atoms with E-state index in [-0.39, 0.29) is 17.8 Å². The number of rotatable bonds is 7. The summed E-state index contributed by atoms with van der Waals surface area (Å²) in [6.07, 6.45) is 2.83. The van der Waals surface area contributed by atoms with E-state index >= 15 is 0 Å². The quantitative estimate of drug-likeness (QED) is 0.621. The molecule has 4 nitrogen and oxygen atoms in total. The van der Waals surface area contributed by atoms with Crippen LogP contribution in [-0.4, -0.2) is 43.7 Å². The van der Waals surface area contributed by atoms with Crippen LogP contribution in [-0.2, 0) is 9.53 Å². The maximum Gasteiger partial charge on any atom is 0.223 e. The van der Waals surface area contributed by atoms with Crippen molar-refractivity contribution in [1.29, 1.82) is 0 Å². The highest BCUT2D eigenvalue weighted by Crippen LogP contribution is 2.23. The third kappa shape index (κ3) is 4.64. The Labute approximate surface area is 131 Å². The Balaban J connectivity index is 1.94. The van der Waals surface area contributed by atoms with Gasteiger partial charge in [0.05, 0.1) is 12.6 Å². The van der Waals surface area contributed by atoms with Crippen molar-refractivity contribution in [2.75, 3.05) is 32.8 Å². The zero-order valence-corrected chi connectivity index (χ0v) is 12.8. The normalized spacial score (nSPS) is 18.2. The monoisotopic (exact) mass is 306 g/mol. The van der Waals surface area contributed by atoms with Gasteiger partial charge in [0.25, 0.3) is 0 Å². The summed E-state index contributed by atoms with van der Waals surface area (Å²) in [4.78, 5) is 14.3. The van der Waals surface area contributed by atoms with E-state index < -0.39 is 0 Å². The molecule has 1 unspecified atom stereocenters. The standard InChI is InChI=1S/C17H23FN2O2/c1-2-10-22-11-4-7-17(21)20-9-8-19-13-16(20)14-5-3-6-15(18)12-14/h2-3,5-6,12,16,19H,1,4,7-11,13H2. The van der Waals surface area contributed by atoms with Crippen molar-refractivity contribution in [2.24, 2.45) is 0 Å². The van der Waals surface area contributed by atoms with Crippen LogP contribution < -0.4 is 5.32 Å². The second-order valence-electron chi connectivity index (χ2n) is 5.33.